The molecule has 0 N–H and O–H groups in total. The zero-order valence-corrected chi connectivity index (χ0v) is 9.40. The number of unbranched alkanes of at least 4 members (excludes halogenated alkanes) is 2. The van der Waals surface area contributed by atoms with Gasteiger partial charge in [-0.05, 0) is 24.3 Å². The van der Waals surface area contributed by atoms with Gasteiger partial charge in [-0.15, -0.1) is 0 Å². The molecule has 0 amide bonds. The first-order chi connectivity index (χ1) is 5.41. The quantitative estimate of drug-likeness (QED) is 0.421. The summed E-state index contributed by atoms with van der Waals surface area (Å²) in [4.78, 5) is 0. The zero-order chi connectivity index (χ0) is 8.36. The standard InChI is InChI=1S/C9H20S2/c1-3-5-7-10-9-11-8-6-4-2/h3-9H2,1-2H3. The predicted molar refractivity (Wildman–Crippen MR) is 59.6 cm³/mol. The van der Waals surface area contributed by atoms with Crippen LogP contribution in [-0.2, 0) is 0 Å². The zero-order valence-electron chi connectivity index (χ0n) is 7.77. The fourth-order valence-electron chi connectivity index (χ4n) is 0.670. The molecule has 0 bridgehead atoms. The highest BCUT2D eigenvalue weighted by molar-refractivity contribution is 8.15. The van der Waals surface area contributed by atoms with Crippen molar-refractivity contribution in [3.05, 3.63) is 0 Å². The van der Waals surface area contributed by atoms with Crippen LogP contribution in [0.1, 0.15) is 39.5 Å². The summed E-state index contributed by atoms with van der Waals surface area (Å²) < 4.78 is 0. The van der Waals surface area contributed by atoms with Crippen molar-refractivity contribution in [2.45, 2.75) is 39.5 Å². The molecule has 0 aliphatic rings. The molecule has 0 aliphatic carbocycles. The van der Waals surface area contributed by atoms with Crippen LogP contribution in [0.2, 0.25) is 0 Å². The Hall–Kier alpha value is 0.700. The van der Waals surface area contributed by atoms with E-state index in [1.807, 2.05) is 0 Å². The lowest BCUT2D eigenvalue weighted by molar-refractivity contribution is 0.895. The van der Waals surface area contributed by atoms with Crippen molar-refractivity contribution in [1.29, 1.82) is 0 Å². The van der Waals surface area contributed by atoms with Crippen LogP contribution in [0.3, 0.4) is 0 Å². The second-order valence-corrected chi connectivity index (χ2v) is 5.22. The average molecular weight is 192 g/mol. The third-order valence-corrected chi connectivity index (χ3v) is 3.94. The number of hydrogen-bond acceptors (Lipinski definition) is 2. The van der Waals surface area contributed by atoms with E-state index in [9.17, 15) is 0 Å². The minimum absolute atomic E-state index is 1.31. The van der Waals surface area contributed by atoms with Crippen molar-refractivity contribution in [2.24, 2.45) is 0 Å². The molecule has 0 aromatic heterocycles. The first-order valence-electron chi connectivity index (χ1n) is 4.57. The second kappa shape index (κ2) is 10.7. The third-order valence-electron chi connectivity index (χ3n) is 1.45. The number of hydrogen-bond donors (Lipinski definition) is 0. The fraction of sp³-hybridized carbons (Fsp3) is 1.00. The van der Waals surface area contributed by atoms with E-state index in [1.54, 1.807) is 0 Å². The highest BCUT2D eigenvalue weighted by atomic mass is 32.2. The molecular weight excluding hydrogens is 172 g/mol. The SMILES string of the molecule is CCCCSCSCCCC. The molecule has 0 spiro atoms. The van der Waals surface area contributed by atoms with Crippen molar-refractivity contribution in [3.8, 4) is 0 Å². The Morgan fingerprint density at radius 2 is 1.27 bits per heavy atom. The molecule has 0 fully saturated rings. The van der Waals surface area contributed by atoms with Crippen LogP contribution in [0.25, 0.3) is 0 Å². The van der Waals surface area contributed by atoms with E-state index in [-0.39, 0.29) is 0 Å². The van der Waals surface area contributed by atoms with Gasteiger partial charge < -0.3 is 0 Å². The van der Waals surface area contributed by atoms with E-state index in [0.29, 0.717) is 0 Å². The van der Waals surface area contributed by atoms with Gasteiger partial charge in [-0.3, -0.25) is 0 Å². The van der Waals surface area contributed by atoms with Gasteiger partial charge in [0, 0.05) is 5.08 Å². The second-order valence-electron chi connectivity index (χ2n) is 2.64. The molecule has 0 saturated heterocycles. The highest BCUT2D eigenvalue weighted by Crippen LogP contribution is 2.14. The van der Waals surface area contributed by atoms with E-state index in [4.69, 9.17) is 0 Å². The van der Waals surface area contributed by atoms with Crippen LogP contribution in [0.5, 0.6) is 0 Å². The van der Waals surface area contributed by atoms with E-state index >= 15 is 0 Å². The van der Waals surface area contributed by atoms with Crippen LogP contribution >= 0.6 is 23.5 Å². The summed E-state index contributed by atoms with van der Waals surface area (Å²) >= 11 is 4.18. The third kappa shape index (κ3) is 10.7. The molecule has 2 heteroatoms. The maximum absolute atomic E-state index is 2.25. The maximum atomic E-state index is 2.25. The van der Waals surface area contributed by atoms with Gasteiger partial charge in [-0.1, -0.05) is 26.7 Å². The summed E-state index contributed by atoms with van der Waals surface area (Å²) in [6.07, 6.45) is 5.46. The van der Waals surface area contributed by atoms with Crippen LogP contribution in [0.4, 0.5) is 0 Å². The normalized spacial score (nSPS) is 10.4. The molecular formula is C9H20S2. The number of rotatable bonds is 8. The summed E-state index contributed by atoms with van der Waals surface area (Å²) in [5.41, 5.74) is 0. The Morgan fingerprint density at radius 1 is 0.818 bits per heavy atom. The van der Waals surface area contributed by atoms with Gasteiger partial charge in [0.05, 0.1) is 0 Å². The molecule has 0 atom stereocenters. The van der Waals surface area contributed by atoms with Gasteiger partial charge in [-0.25, -0.2) is 0 Å². The lowest BCUT2D eigenvalue weighted by Gasteiger charge is -1.99. The van der Waals surface area contributed by atoms with Crippen LogP contribution in [0.15, 0.2) is 0 Å². The molecule has 0 aromatic rings. The van der Waals surface area contributed by atoms with Crippen LogP contribution in [-0.4, -0.2) is 16.6 Å². The molecule has 0 aliphatic heterocycles. The van der Waals surface area contributed by atoms with Crippen LogP contribution in [0, 0.1) is 0 Å². The lowest BCUT2D eigenvalue weighted by atomic mass is 10.4. The van der Waals surface area contributed by atoms with Crippen molar-refractivity contribution in [3.63, 3.8) is 0 Å². The molecule has 68 valence electrons. The van der Waals surface area contributed by atoms with Gasteiger partial charge in [0.25, 0.3) is 0 Å². The highest BCUT2D eigenvalue weighted by Gasteiger charge is 1.88. The summed E-state index contributed by atoms with van der Waals surface area (Å²) in [5, 5.41) is 1.31. The van der Waals surface area contributed by atoms with Crippen molar-refractivity contribution in [2.75, 3.05) is 16.6 Å². The largest absolute Gasteiger partial charge is 0.151 e. The summed E-state index contributed by atoms with van der Waals surface area (Å²) in [7, 11) is 0. The topological polar surface area (TPSA) is 0 Å². The fourth-order valence-corrected chi connectivity index (χ4v) is 3.07. The number of thioether (sulfide) groups is 2. The Bertz CT molecular complexity index is 56.6. The van der Waals surface area contributed by atoms with Gasteiger partial charge in [0.2, 0.25) is 0 Å². The molecule has 0 heterocycles. The molecule has 0 nitrogen and oxygen atoms in total. The molecule has 0 unspecified atom stereocenters. The first kappa shape index (κ1) is 11.7. The van der Waals surface area contributed by atoms with Crippen LogP contribution < -0.4 is 0 Å². The van der Waals surface area contributed by atoms with E-state index in [0.717, 1.165) is 0 Å². The smallest absolute Gasteiger partial charge is 0.0392 e. The van der Waals surface area contributed by atoms with E-state index < -0.39 is 0 Å². The maximum Gasteiger partial charge on any atom is 0.0392 e. The summed E-state index contributed by atoms with van der Waals surface area (Å²) in [6, 6.07) is 0. The van der Waals surface area contributed by atoms with Crippen molar-refractivity contribution < 1.29 is 0 Å². The molecule has 0 saturated carbocycles. The van der Waals surface area contributed by atoms with Crippen molar-refractivity contribution in [1.82, 2.24) is 0 Å². The minimum atomic E-state index is 1.31. The van der Waals surface area contributed by atoms with Gasteiger partial charge in [0.1, 0.15) is 0 Å². The summed E-state index contributed by atoms with van der Waals surface area (Å²) in [6.45, 7) is 4.51. The minimum Gasteiger partial charge on any atom is -0.151 e. The first-order valence-corrected chi connectivity index (χ1v) is 6.88. The average Bonchev–Trinajstić information content (AvgIpc) is 2.03. The Morgan fingerprint density at radius 3 is 1.64 bits per heavy atom. The monoisotopic (exact) mass is 192 g/mol. The van der Waals surface area contributed by atoms with E-state index in [1.165, 1.54) is 42.3 Å². The molecule has 0 rings (SSSR count). The summed E-state index contributed by atoms with van der Waals surface area (Å²) in [5.74, 6) is 2.71. The van der Waals surface area contributed by atoms with Gasteiger partial charge >= 0.3 is 0 Å². The molecule has 11 heavy (non-hydrogen) atoms. The Balaban J connectivity index is 2.69. The predicted octanol–water partition coefficient (Wildman–Crippen LogP) is 4.01. The van der Waals surface area contributed by atoms with E-state index in [2.05, 4.69) is 37.4 Å². The van der Waals surface area contributed by atoms with Gasteiger partial charge in [0.15, 0.2) is 0 Å². The lowest BCUT2D eigenvalue weighted by Crippen LogP contribution is -1.81. The Kier molecular flexibility index (Phi) is 11.4. The van der Waals surface area contributed by atoms with Crippen molar-refractivity contribution >= 4 is 23.5 Å². The molecule has 0 radical (unpaired) electrons. The van der Waals surface area contributed by atoms with Gasteiger partial charge in [-0.2, -0.15) is 23.5 Å². The Labute approximate surface area is 79.9 Å². The molecule has 0 aromatic carbocycles.